The molecule has 3 heterocycles. The minimum atomic E-state index is 0.388. The summed E-state index contributed by atoms with van der Waals surface area (Å²) in [5.41, 5.74) is 6.24. The van der Waals surface area contributed by atoms with E-state index >= 15 is 0 Å². The van der Waals surface area contributed by atoms with Crippen molar-refractivity contribution >= 4 is 23.5 Å². The third-order valence-electron chi connectivity index (χ3n) is 10.7. The first-order valence-corrected chi connectivity index (χ1v) is 17.7. The number of allylic oxidation sites excluding steroid dienone is 12. The normalized spacial score (nSPS) is 41.6. The minimum absolute atomic E-state index is 0.388. The monoisotopic (exact) mass is 566 g/mol. The Morgan fingerprint density at radius 1 is 0.925 bits per heavy atom. The van der Waals surface area contributed by atoms with Gasteiger partial charge in [-0.25, -0.2) is 0 Å². The number of hydrogen-bond acceptors (Lipinski definition) is 4. The molecule has 0 amide bonds. The summed E-state index contributed by atoms with van der Waals surface area (Å²) in [5.74, 6) is 3.24. The molecule has 3 aliphatic heterocycles. The lowest BCUT2D eigenvalue weighted by atomic mass is 9.79. The highest BCUT2D eigenvalue weighted by atomic mass is 32.2. The van der Waals surface area contributed by atoms with Crippen molar-refractivity contribution in [2.24, 2.45) is 17.8 Å². The Morgan fingerprint density at radius 2 is 1.82 bits per heavy atom. The molecule has 2 saturated heterocycles. The number of rotatable bonds is 3. The van der Waals surface area contributed by atoms with Gasteiger partial charge in [-0.1, -0.05) is 79.8 Å². The molecule has 1 N–H and O–H groups in total. The van der Waals surface area contributed by atoms with E-state index in [9.17, 15) is 0 Å². The maximum atomic E-state index is 4.14. The molecule has 0 aromatic rings. The summed E-state index contributed by atoms with van der Waals surface area (Å²) in [6.45, 7) is 2.53. The Balaban J connectivity index is 1.06. The predicted molar refractivity (Wildman–Crippen MR) is 173 cm³/mol. The molecule has 9 unspecified atom stereocenters. The van der Waals surface area contributed by atoms with Crippen LogP contribution in [0.2, 0.25) is 0 Å². The van der Waals surface area contributed by atoms with Gasteiger partial charge in [-0.15, -0.1) is 11.8 Å². The number of nitrogens with zero attached hydrogens (tertiary/aromatic N) is 1. The van der Waals surface area contributed by atoms with Gasteiger partial charge in [0.1, 0.15) is 0 Å². The van der Waals surface area contributed by atoms with Crippen LogP contribution in [0.15, 0.2) is 106 Å². The van der Waals surface area contributed by atoms with Gasteiger partial charge in [-0.3, -0.25) is 4.90 Å². The lowest BCUT2D eigenvalue weighted by Gasteiger charge is -2.43. The molecule has 9 atom stereocenters. The van der Waals surface area contributed by atoms with Gasteiger partial charge in [0.2, 0.25) is 0 Å². The van der Waals surface area contributed by atoms with Gasteiger partial charge in [0.25, 0.3) is 0 Å². The predicted octanol–water partition coefficient (Wildman–Crippen LogP) is 8.04. The minimum Gasteiger partial charge on any atom is -0.381 e. The zero-order chi connectivity index (χ0) is 26.6. The van der Waals surface area contributed by atoms with Crippen LogP contribution in [-0.4, -0.2) is 45.3 Å². The van der Waals surface area contributed by atoms with E-state index in [2.05, 4.69) is 120 Å². The molecule has 0 aromatic heterocycles. The highest BCUT2D eigenvalue weighted by Crippen LogP contribution is 2.51. The third-order valence-corrected chi connectivity index (χ3v) is 13.5. The average molecular weight is 567 g/mol. The van der Waals surface area contributed by atoms with Crippen molar-refractivity contribution in [2.45, 2.75) is 86.5 Å². The lowest BCUT2D eigenvalue weighted by molar-refractivity contribution is 0.0899. The number of hydrogen-bond donors (Lipinski definition) is 1. The van der Waals surface area contributed by atoms with Crippen molar-refractivity contribution in [2.75, 3.05) is 5.75 Å². The van der Waals surface area contributed by atoms with Crippen LogP contribution >= 0.6 is 23.5 Å². The Labute approximate surface area is 249 Å². The largest absolute Gasteiger partial charge is 0.381 e. The highest BCUT2D eigenvalue weighted by molar-refractivity contribution is 8.04. The van der Waals surface area contributed by atoms with E-state index in [-0.39, 0.29) is 0 Å². The van der Waals surface area contributed by atoms with Crippen LogP contribution in [-0.2, 0) is 0 Å². The molecule has 0 spiro atoms. The van der Waals surface area contributed by atoms with Gasteiger partial charge in [-0.05, 0) is 90.2 Å². The van der Waals surface area contributed by atoms with Crippen molar-refractivity contribution in [3.05, 3.63) is 106 Å². The Morgan fingerprint density at radius 3 is 2.80 bits per heavy atom. The van der Waals surface area contributed by atoms with E-state index in [1.807, 2.05) is 0 Å². The van der Waals surface area contributed by atoms with Crippen molar-refractivity contribution in [3.63, 3.8) is 0 Å². The van der Waals surface area contributed by atoms with Crippen LogP contribution in [0.5, 0.6) is 0 Å². The maximum absolute atomic E-state index is 4.14. The number of likely N-dealkylation sites (tertiary alicyclic amines) is 1. The highest BCUT2D eigenvalue weighted by Gasteiger charge is 2.51. The standard InChI is InChI=1S/C36H42N2S2/c1-23-21-25(19-20-39-33-15-6-3-9-26(23)33)38-31-13-5-2-11-28(31)36-30(12-8-14-32(36)38)37-24-17-18-35-29(22-24)27-10-4-7-16-34(27)40-35/h2-12,15,22-23,25-26,30-34,36-37H,13-14,16-21H2,1H3. The summed E-state index contributed by atoms with van der Waals surface area (Å²) in [6, 6.07) is 2.24. The van der Waals surface area contributed by atoms with Crippen LogP contribution in [0.25, 0.3) is 0 Å². The van der Waals surface area contributed by atoms with Crippen molar-refractivity contribution in [3.8, 4) is 0 Å². The SMILES string of the molecule is CC1CC(N2C3CC=CC=C3C3C(NC4=CC5=C(CC4)SC4CC=CC=C54)C=CCC32)CCSC2C=CC=CC12. The summed E-state index contributed by atoms with van der Waals surface area (Å²) in [5, 5.41) is 5.45. The molecule has 0 bridgehead atoms. The van der Waals surface area contributed by atoms with E-state index in [0.717, 1.165) is 12.3 Å². The van der Waals surface area contributed by atoms with Crippen molar-refractivity contribution in [1.82, 2.24) is 10.2 Å². The second kappa shape index (κ2) is 10.7. The summed E-state index contributed by atoms with van der Waals surface area (Å²) in [4.78, 5) is 4.65. The van der Waals surface area contributed by atoms with Crippen LogP contribution < -0.4 is 5.32 Å². The summed E-state index contributed by atoms with van der Waals surface area (Å²) in [7, 11) is 0. The van der Waals surface area contributed by atoms with Crippen LogP contribution in [0, 0.1) is 17.8 Å². The van der Waals surface area contributed by atoms with Crippen LogP contribution in [0.3, 0.4) is 0 Å². The molecular weight excluding hydrogens is 525 g/mol. The zero-order valence-corrected chi connectivity index (χ0v) is 25.3. The molecule has 2 fully saturated rings. The van der Waals surface area contributed by atoms with Gasteiger partial charge in [0.05, 0.1) is 6.04 Å². The first-order chi connectivity index (χ1) is 19.7. The van der Waals surface area contributed by atoms with Crippen LogP contribution in [0.4, 0.5) is 0 Å². The third kappa shape index (κ3) is 4.44. The van der Waals surface area contributed by atoms with Crippen LogP contribution in [0.1, 0.15) is 51.9 Å². The Bertz CT molecular complexity index is 1320. The number of nitrogens with one attached hydrogen (secondary N) is 1. The average Bonchev–Trinajstić information content (AvgIpc) is 3.52. The first-order valence-electron chi connectivity index (χ1n) is 15.8. The summed E-state index contributed by atoms with van der Waals surface area (Å²) < 4.78 is 0. The molecule has 8 aliphatic rings. The molecule has 208 valence electrons. The lowest BCUT2D eigenvalue weighted by Crippen LogP contribution is -2.50. The molecule has 0 radical (unpaired) electrons. The number of fused-ring (bicyclic) bond motifs is 6. The van der Waals surface area contributed by atoms with E-state index in [4.69, 9.17) is 0 Å². The van der Waals surface area contributed by atoms with Gasteiger partial charge >= 0.3 is 0 Å². The van der Waals surface area contributed by atoms with Gasteiger partial charge in [0.15, 0.2) is 0 Å². The zero-order valence-electron chi connectivity index (χ0n) is 23.6. The van der Waals surface area contributed by atoms with Crippen molar-refractivity contribution in [1.29, 1.82) is 0 Å². The fourth-order valence-corrected chi connectivity index (χ4v) is 11.8. The van der Waals surface area contributed by atoms with Gasteiger partial charge in [0, 0.05) is 40.2 Å². The van der Waals surface area contributed by atoms with Gasteiger partial charge in [-0.2, -0.15) is 11.8 Å². The molecule has 0 saturated carbocycles. The second-order valence-electron chi connectivity index (χ2n) is 13.0. The Hall–Kier alpha value is -1.88. The van der Waals surface area contributed by atoms with Gasteiger partial charge < -0.3 is 5.32 Å². The first kappa shape index (κ1) is 25.8. The van der Waals surface area contributed by atoms with E-state index in [0.29, 0.717) is 46.5 Å². The molecule has 0 aromatic carbocycles. The molecule has 2 nitrogen and oxygen atoms in total. The summed E-state index contributed by atoms with van der Waals surface area (Å²) >= 11 is 4.33. The molecular formula is C36H42N2S2. The maximum Gasteiger partial charge on any atom is 0.0522 e. The van der Waals surface area contributed by atoms with Crippen molar-refractivity contribution < 1.29 is 0 Å². The smallest absolute Gasteiger partial charge is 0.0522 e. The quantitative estimate of drug-likeness (QED) is 0.348. The molecule has 40 heavy (non-hydrogen) atoms. The fraction of sp³-hybridized carbons (Fsp3) is 0.500. The molecule has 4 heteroatoms. The number of thioether (sulfide) groups is 2. The van der Waals surface area contributed by atoms with E-state index in [1.54, 1.807) is 16.1 Å². The molecule has 8 rings (SSSR count). The Kier molecular flexibility index (Phi) is 6.93. The fourth-order valence-electron chi connectivity index (χ4n) is 8.92. The second-order valence-corrected chi connectivity index (χ2v) is 15.5. The topological polar surface area (TPSA) is 15.3 Å². The van der Waals surface area contributed by atoms with E-state index < -0.39 is 0 Å². The molecule has 5 aliphatic carbocycles. The van der Waals surface area contributed by atoms with E-state index in [1.165, 1.54) is 55.5 Å². The summed E-state index contributed by atoms with van der Waals surface area (Å²) in [6.07, 6.45) is 39.8.